The van der Waals surface area contributed by atoms with Crippen LogP contribution in [0.5, 0.6) is 5.75 Å². The Hall–Kier alpha value is -2.63. The number of aromatic amines is 1. The Kier molecular flexibility index (Phi) is 3.21. The summed E-state index contributed by atoms with van der Waals surface area (Å²) in [6.45, 7) is 6.16. The topological polar surface area (TPSA) is 72.8 Å². The molecule has 1 aromatic carbocycles. The molecule has 3 rings (SSSR count). The second-order valence-corrected chi connectivity index (χ2v) is 4.74. The molecule has 2 heterocycles. The van der Waals surface area contributed by atoms with Gasteiger partial charge in [0.2, 0.25) is 0 Å². The summed E-state index contributed by atoms with van der Waals surface area (Å²) in [4.78, 5) is 23.6. The Morgan fingerprint density at radius 2 is 1.90 bits per heavy atom. The van der Waals surface area contributed by atoms with E-state index in [1.165, 1.54) is 0 Å². The molecule has 0 atom stereocenters. The lowest BCUT2D eigenvalue weighted by Gasteiger charge is -2.08. The zero-order valence-corrected chi connectivity index (χ0v) is 12.2. The highest BCUT2D eigenvalue weighted by Crippen LogP contribution is 2.20. The lowest BCUT2D eigenvalue weighted by molar-refractivity contribution is 0.340. The summed E-state index contributed by atoms with van der Waals surface area (Å²) in [6, 6.07) is 7.55. The van der Waals surface area contributed by atoms with E-state index in [-0.39, 0.29) is 5.56 Å². The van der Waals surface area contributed by atoms with Crippen LogP contribution in [0, 0.1) is 13.8 Å². The van der Waals surface area contributed by atoms with Gasteiger partial charge in [-0.2, -0.15) is 0 Å². The average molecular weight is 284 g/mol. The minimum Gasteiger partial charge on any atom is -0.494 e. The predicted octanol–water partition coefficient (Wildman–Crippen LogP) is 2.12. The third kappa shape index (κ3) is 2.29. The Balaban J connectivity index is 2.20. The number of ether oxygens (including phenoxy) is 1. The van der Waals surface area contributed by atoms with Crippen LogP contribution in [0.2, 0.25) is 0 Å². The highest BCUT2D eigenvalue weighted by atomic mass is 16.5. The SMILES string of the molecule is CCOc1ccc(-n2c(C)nc3nc(C)[nH]c(=O)c32)cc1. The largest absolute Gasteiger partial charge is 0.494 e. The molecule has 6 heteroatoms. The van der Waals surface area contributed by atoms with Crippen LogP contribution in [0.25, 0.3) is 16.9 Å². The van der Waals surface area contributed by atoms with E-state index in [0.717, 1.165) is 17.3 Å². The first-order valence-electron chi connectivity index (χ1n) is 6.79. The number of fused-ring (bicyclic) bond motifs is 1. The molecule has 0 aliphatic carbocycles. The first-order valence-corrected chi connectivity index (χ1v) is 6.79. The van der Waals surface area contributed by atoms with E-state index in [2.05, 4.69) is 15.0 Å². The van der Waals surface area contributed by atoms with E-state index >= 15 is 0 Å². The standard InChI is InChI=1S/C15H16N4O2/c1-4-21-12-7-5-11(6-8-12)19-10(3)18-14-13(19)15(20)17-9(2)16-14/h5-8H,4H2,1-3H3,(H,16,17,20). The third-order valence-electron chi connectivity index (χ3n) is 3.22. The molecule has 108 valence electrons. The number of nitrogens with one attached hydrogen (secondary N) is 1. The van der Waals surface area contributed by atoms with Crippen molar-refractivity contribution in [3.63, 3.8) is 0 Å². The molecule has 0 amide bonds. The number of benzene rings is 1. The lowest BCUT2D eigenvalue weighted by Crippen LogP contribution is -2.13. The molecule has 0 bridgehead atoms. The van der Waals surface area contributed by atoms with Gasteiger partial charge in [-0.1, -0.05) is 0 Å². The molecule has 0 spiro atoms. The minimum absolute atomic E-state index is 0.188. The van der Waals surface area contributed by atoms with Gasteiger partial charge in [-0.05, 0) is 45.0 Å². The van der Waals surface area contributed by atoms with Crippen molar-refractivity contribution in [2.75, 3.05) is 6.61 Å². The average Bonchev–Trinajstić information content (AvgIpc) is 2.76. The van der Waals surface area contributed by atoms with Gasteiger partial charge >= 0.3 is 0 Å². The predicted molar refractivity (Wildman–Crippen MR) is 80.1 cm³/mol. The minimum atomic E-state index is -0.188. The number of imidazole rings is 1. The molecule has 0 saturated carbocycles. The van der Waals surface area contributed by atoms with E-state index in [4.69, 9.17) is 4.74 Å². The second-order valence-electron chi connectivity index (χ2n) is 4.74. The normalized spacial score (nSPS) is 11.0. The van der Waals surface area contributed by atoms with Crippen molar-refractivity contribution >= 4 is 11.2 Å². The number of rotatable bonds is 3. The molecular formula is C15H16N4O2. The van der Waals surface area contributed by atoms with E-state index < -0.39 is 0 Å². The molecule has 0 radical (unpaired) electrons. The molecular weight excluding hydrogens is 268 g/mol. The van der Waals surface area contributed by atoms with Gasteiger partial charge in [0.1, 0.15) is 17.4 Å². The molecule has 1 N–H and O–H groups in total. The fourth-order valence-electron chi connectivity index (χ4n) is 2.38. The number of hydrogen-bond donors (Lipinski definition) is 1. The smallest absolute Gasteiger partial charge is 0.277 e. The maximum absolute atomic E-state index is 12.2. The summed E-state index contributed by atoms with van der Waals surface area (Å²) < 4.78 is 7.23. The van der Waals surface area contributed by atoms with E-state index in [1.54, 1.807) is 11.5 Å². The summed E-state index contributed by atoms with van der Waals surface area (Å²) >= 11 is 0. The Labute approximate surface area is 121 Å². The maximum Gasteiger partial charge on any atom is 0.277 e. The zero-order valence-electron chi connectivity index (χ0n) is 12.2. The summed E-state index contributed by atoms with van der Waals surface area (Å²) in [5.41, 5.74) is 1.59. The van der Waals surface area contributed by atoms with Gasteiger partial charge in [0.15, 0.2) is 11.2 Å². The van der Waals surface area contributed by atoms with Crippen molar-refractivity contribution in [3.8, 4) is 11.4 Å². The van der Waals surface area contributed by atoms with E-state index in [9.17, 15) is 4.79 Å². The van der Waals surface area contributed by atoms with Crippen LogP contribution in [0.1, 0.15) is 18.6 Å². The van der Waals surface area contributed by atoms with Crippen LogP contribution < -0.4 is 10.3 Å². The highest BCUT2D eigenvalue weighted by molar-refractivity contribution is 5.73. The fraction of sp³-hybridized carbons (Fsp3) is 0.267. The molecule has 0 fully saturated rings. The first-order chi connectivity index (χ1) is 10.1. The van der Waals surface area contributed by atoms with Gasteiger partial charge in [0, 0.05) is 5.69 Å². The van der Waals surface area contributed by atoms with Crippen LogP contribution in [-0.2, 0) is 0 Å². The van der Waals surface area contributed by atoms with Crippen LogP contribution in [0.3, 0.4) is 0 Å². The number of aryl methyl sites for hydroxylation is 2. The van der Waals surface area contributed by atoms with E-state index in [1.807, 2.05) is 38.1 Å². The van der Waals surface area contributed by atoms with Gasteiger partial charge in [-0.3, -0.25) is 9.36 Å². The highest BCUT2D eigenvalue weighted by Gasteiger charge is 2.14. The van der Waals surface area contributed by atoms with Crippen molar-refractivity contribution in [1.82, 2.24) is 19.5 Å². The summed E-state index contributed by atoms with van der Waals surface area (Å²) in [5.74, 6) is 2.08. The molecule has 0 aliphatic rings. The molecule has 3 aromatic rings. The van der Waals surface area contributed by atoms with Crippen LogP contribution in [-0.4, -0.2) is 26.1 Å². The Bertz CT molecular complexity index is 846. The Morgan fingerprint density at radius 3 is 2.57 bits per heavy atom. The number of aromatic nitrogens is 4. The monoisotopic (exact) mass is 284 g/mol. The second kappa shape index (κ2) is 5.05. The fourth-order valence-corrected chi connectivity index (χ4v) is 2.38. The molecule has 0 aliphatic heterocycles. The molecule has 0 unspecified atom stereocenters. The summed E-state index contributed by atoms with van der Waals surface area (Å²) in [7, 11) is 0. The molecule has 6 nitrogen and oxygen atoms in total. The van der Waals surface area contributed by atoms with Gasteiger partial charge in [0.05, 0.1) is 6.61 Å². The number of hydrogen-bond acceptors (Lipinski definition) is 4. The van der Waals surface area contributed by atoms with Crippen LogP contribution in [0.4, 0.5) is 0 Å². The zero-order chi connectivity index (χ0) is 15.0. The van der Waals surface area contributed by atoms with Crippen molar-refractivity contribution < 1.29 is 4.74 Å². The quantitative estimate of drug-likeness (QED) is 0.799. The summed E-state index contributed by atoms with van der Waals surface area (Å²) in [5, 5.41) is 0. The van der Waals surface area contributed by atoms with Crippen molar-refractivity contribution in [1.29, 1.82) is 0 Å². The Morgan fingerprint density at radius 1 is 1.19 bits per heavy atom. The number of nitrogens with zero attached hydrogens (tertiary/aromatic N) is 3. The molecule has 2 aromatic heterocycles. The van der Waals surface area contributed by atoms with Crippen molar-refractivity contribution in [2.24, 2.45) is 0 Å². The van der Waals surface area contributed by atoms with Crippen molar-refractivity contribution in [2.45, 2.75) is 20.8 Å². The van der Waals surface area contributed by atoms with Gasteiger partial charge in [-0.25, -0.2) is 9.97 Å². The molecule has 21 heavy (non-hydrogen) atoms. The van der Waals surface area contributed by atoms with Crippen molar-refractivity contribution in [3.05, 3.63) is 46.3 Å². The first kappa shape index (κ1) is 13.4. The summed E-state index contributed by atoms with van der Waals surface area (Å²) in [6.07, 6.45) is 0. The van der Waals surface area contributed by atoms with Crippen LogP contribution >= 0.6 is 0 Å². The van der Waals surface area contributed by atoms with Gasteiger partial charge in [0.25, 0.3) is 5.56 Å². The molecule has 0 saturated heterocycles. The van der Waals surface area contributed by atoms with Gasteiger partial charge < -0.3 is 9.72 Å². The van der Waals surface area contributed by atoms with Crippen LogP contribution in [0.15, 0.2) is 29.1 Å². The van der Waals surface area contributed by atoms with E-state index in [0.29, 0.717) is 23.6 Å². The third-order valence-corrected chi connectivity index (χ3v) is 3.22. The van der Waals surface area contributed by atoms with Gasteiger partial charge in [-0.15, -0.1) is 0 Å². The lowest BCUT2D eigenvalue weighted by atomic mass is 10.3. The maximum atomic E-state index is 12.2. The number of H-pyrrole nitrogens is 1.